The maximum absolute atomic E-state index is 2.61. The molecule has 0 bridgehead atoms. The van der Waals surface area contributed by atoms with Crippen LogP contribution in [0, 0.1) is 28.6 Å². The lowest BCUT2D eigenvalue weighted by molar-refractivity contribution is -0.00995. The Bertz CT molecular complexity index is 534. The Morgan fingerprint density at radius 3 is 2.71 bits per heavy atom. The van der Waals surface area contributed by atoms with Gasteiger partial charge in [0, 0.05) is 0 Å². The standard InChI is InChI=1S/C21H30/c1-4-15-9-11-18-17-10-8-16-7-5-6-13-20(16,2)19(17)12-14-21(15,18)3/h5,7-9,17-19H,4,6,10-14H2,1-3H3/t17-,18-,19-,20-,21+/m0/s1. The van der Waals surface area contributed by atoms with Crippen molar-refractivity contribution in [2.24, 2.45) is 28.6 Å². The first-order chi connectivity index (χ1) is 10.1. The number of hydrogen-bond acceptors (Lipinski definition) is 0. The number of fused-ring (bicyclic) bond motifs is 5. The molecule has 0 amide bonds. The fourth-order valence-electron chi connectivity index (χ4n) is 6.50. The van der Waals surface area contributed by atoms with E-state index >= 15 is 0 Å². The maximum atomic E-state index is 2.61. The molecule has 4 aliphatic rings. The summed E-state index contributed by atoms with van der Waals surface area (Å²) in [4.78, 5) is 0. The zero-order chi connectivity index (χ0) is 14.7. The van der Waals surface area contributed by atoms with E-state index in [-0.39, 0.29) is 0 Å². The van der Waals surface area contributed by atoms with Crippen LogP contribution in [-0.4, -0.2) is 0 Å². The molecule has 0 aromatic rings. The number of hydrogen-bond donors (Lipinski definition) is 0. The van der Waals surface area contributed by atoms with Gasteiger partial charge in [0.15, 0.2) is 0 Å². The third kappa shape index (κ3) is 1.74. The van der Waals surface area contributed by atoms with E-state index in [0.29, 0.717) is 10.8 Å². The van der Waals surface area contributed by atoms with Gasteiger partial charge in [-0.3, -0.25) is 0 Å². The van der Waals surface area contributed by atoms with Crippen LogP contribution >= 0.6 is 0 Å². The average Bonchev–Trinajstić information content (AvgIpc) is 2.83. The smallest absolute Gasteiger partial charge is 0.00445 e. The monoisotopic (exact) mass is 282 g/mol. The number of allylic oxidation sites excluding steroid dienone is 6. The molecule has 0 saturated heterocycles. The summed E-state index contributed by atoms with van der Waals surface area (Å²) in [6.07, 6.45) is 19.6. The molecule has 0 nitrogen and oxygen atoms in total. The molecule has 4 aliphatic carbocycles. The van der Waals surface area contributed by atoms with Crippen molar-refractivity contribution in [3.63, 3.8) is 0 Å². The van der Waals surface area contributed by atoms with Gasteiger partial charge in [-0.25, -0.2) is 0 Å². The third-order valence-electron chi connectivity index (χ3n) is 7.77. The van der Waals surface area contributed by atoms with Gasteiger partial charge < -0.3 is 0 Å². The first-order valence-corrected chi connectivity index (χ1v) is 9.16. The molecule has 4 rings (SSSR count). The van der Waals surface area contributed by atoms with E-state index in [0.717, 1.165) is 17.8 Å². The summed E-state index contributed by atoms with van der Waals surface area (Å²) in [6, 6.07) is 0. The quantitative estimate of drug-likeness (QED) is 0.513. The topological polar surface area (TPSA) is 0 Å². The molecule has 114 valence electrons. The lowest BCUT2D eigenvalue weighted by atomic mass is 9.48. The third-order valence-corrected chi connectivity index (χ3v) is 7.77. The van der Waals surface area contributed by atoms with E-state index in [2.05, 4.69) is 45.1 Å². The minimum atomic E-state index is 0.480. The van der Waals surface area contributed by atoms with Crippen molar-refractivity contribution in [3.05, 3.63) is 35.5 Å². The molecule has 0 heteroatoms. The van der Waals surface area contributed by atoms with Crippen LogP contribution in [-0.2, 0) is 0 Å². The summed E-state index contributed by atoms with van der Waals surface area (Å²) >= 11 is 0. The summed E-state index contributed by atoms with van der Waals surface area (Å²) in [5, 5.41) is 0. The highest BCUT2D eigenvalue weighted by Gasteiger charge is 2.55. The summed E-state index contributed by atoms with van der Waals surface area (Å²) < 4.78 is 0. The first-order valence-electron chi connectivity index (χ1n) is 9.16. The van der Waals surface area contributed by atoms with Gasteiger partial charge in [-0.1, -0.05) is 50.6 Å². The van der Waals surface area contributed by atoms with Crippen LogP contribution in [0.1, 0.15) is 65.7 Å². The minimum absolute atomic E-state index is 0.480. The predicted molar refractivity (Wildman–Crippen MR) is 90.0 cm³/mol. The molecule has 0 spiro atoms. The van der Waals surface area contributed by atoms with Crippen LogP contribution in [0.3, 0.4) is 0 Å². The molecule has 0 radical (unpaired) electrons. The highest BCUT2D eigenvalue weighted by molar-refractivity contribution is 5.35. The largest absolute Gasteiger partial charge is 0.0845 e. The second kappa shape index (κ2) is 4.61. The lowest BCUT2D eigenvalue weighted by Crippen LogP contribution is -2.48. The molecule has 1 fully saturated rings. The zero-order valence-electron chi connectivity index (χ0n) is 14.0. The van der Waals surface area contributed by atoms with Crippen molar-refractivity contribution in [1.82, 2.24) is 0 Å². The van der Waals surface area contributed by atoms with Gasteiger partial charge in [-0.15, -0.1) is 0 Å². The van der Waals surface area contributed by atoms with E-state index in [1.165, 1.54) is 44.9 Å². The Hall–Kier alpha value is -0.780. The molecule has 0 heterocycles. The van der Waals surface area contributed by atoms with Crippen molar-refractivity contribution in [2.75, 3.05) is 0 Å². The predicted octanol–water partition coefficient (Wildman–Crippen LogP) is 6.06. The Balaban J connectivity index is 1.70. The van der Waals surface area contributed by atoms with E-state index in [9.17, 15) is 0 Å². The van der Waals surface area contributed by atoms with Gasteiger partial charge in [-0.05, 0) is 79.1 Å². The van der Waals surface area contributed by atoms with Crippen LogP contribution in [0.2, 0.25) is 0 Å². The lowest BCUT2D eigenvalue weighted by Gasteiger charge is -2.56. The van der Waals surface area contributed by atoms with Crippen molar-refractivity contribution in [3.8, 4) is 0 Å². The zero-order valence-corrected chi connectivity index (χ0v) is 14.0. The Morgan fingerprint density at radius 1 is 1.05 bits per heavy atom. The van der Waals surface area contributed by atoms with Crippen LogP contribution in [0.5, 0.6) is 0 Å². The second-order valence-electron chi connectivity index (χ2n) is 8.41. The van der Waals surface area contributed by atoms with Crippen molar-refractivity contribution in [1.29, 1.82) is 0 Å². The molecule has 5 atom stereocenters. The van der Waals surface area contributed by atoms with E-state index in [4.69, 9.17) is 0 Å². The Morgan fingerprint density at radius 2 is 1.90 bits per heavy atom. The van der Waals surface area contributed by atoms with Gasteiger partial charge in [-0.2, -0.15) is 0 Å². The molecule has 0 aromatic heterocycles. The van der Waals surface area contributed by atoms with Crippen LogP contribution in [0.25, 0.3) is 0 Å². The van der Waals surface area contributed by atoms with Crippen molar-refractivity contribution >= 4 is 0 Å². The molecular formula is C21H30. The van der Waals surface area contributed by atoms with Crippen molar-refractivity contribution in [2.45, 2.75) is 65.7 Å². The van der Waals surface area contributed by atoms with Crippen LogP contribution in [0.4, 0.5) is 0 Å². The van der Waals surface area contributed by atoms with Crippen LogP contribution < -0.4 is 0 Å². The van der Waals surface area contributed by atoms with Gasteiger partial charge in [0.25, 0.3) is 0 Å². The highest BCUT2D eigenvalue weighted by Crippen LogP contribution is 2.64. The second-order valence-corrected chi connectivity index (χ2v) is 8.41. The molecule has 0 aromatic carbocycles. The molecule has 0 aliphatic heterocycles. The number of rotatable bonds is 1. The normalized spacial score (nSPS) is 48.0. The molecule has 0 unspecified atom stereocenters. The SMILES string of the molecule is CCC1=CC[C@H]2[C@@H]3CC=C4C=CCC[C@]4(C)[C@H]3CC[C@]12C. The van der Waals surface area contributed by atoms with E-state index in [1.807, 2.05) is 0 Å². The Kier molecular flexibility index (Phi) is 3.04. The fourth-order valence-corrected chi connectivity index (χ4v) is 6.50. The summed E-state index contributed by atoms with van der Waals surface area (Å²) in [5.74, 6) is 2.79. The van der Waals surface area contributed by atoms with E-state index < -0.39 is 0 Å². The summed E-state index contributed by atoms with van der Waals surface area (Å²) in [7, 11) is 0. The van der Waals surface area contributed by atoms with Crippen molar-refractivity contribution < 1.29 is 0 Å². The van der Waals surface area contributed by atoms with Gasteiger partial charge in [0.05, 0.1) is 0 Å². The highest BCUT2D eigenvalue weighted by atomic mass is 14.6. The minimum Gasteiger partial charge on any atom is -0.0845 e. The molecular weight excluding hydrogens is 252 g/mol. The Labute approximate surface area is 130 Å². The maximum Gasteiger partial charge on any atom is -0.00445 e. The fraction of sp³-hybridized carbons (Fsp3) is 0.714. The average molecular weight is 282 g/mol. The van der Waals surface area contributed by atoms with E-state index in [1.54, 1.807) is 11.1 Å². The van der Waals surface area contributed by atoms with Crippen LogP contribution in [0.15, 0.2) is 35.5 Å². The molecule has 0 N–H and O–H groups in total. The van der Waals surface area contributed by atoms with Gasteiger partial charge in [0.1, 0.15) is 0 Å². The van der Waals surface area contributed by atoms with Gasteiger partial charge in [0.2, 0.25) is 0 Å². The summed E-state index contributed by atoms with van der Waals surface area (Å²) in [6.45, 7) is 7.52. The summed E-state index contributed by atoms with van der Waals surface area (Å²) in [5.41, 5.74) is 4.45. The first kappa shape index (κ1) is 13.9. The van der Waals surface area contributed by atoms with Gasteiger partial charge >= 0.3 is 0 Å². The molecule has 1 saturated carbocycles. The molecule has 21 heavy (non-hydrogen) atoms.